The summed E-state index contributed by atoms with van der Waals surface area (Å²) >= 11 is 0. The molecule has 0 aliphatic rings. The van der Waals surface area contributed by atoms with Gasteiger partial charge in [0.05, 0.1) is 46.1 Å². The standard InChI is InChI=1S/C18H21N3O3S/c1-13-10-14(24-9-5-8-23-2)11-19-17(13)12-25(22)18-20-15-6-3-4-7-16(15)21-18/h3-4,6-7,10-11H,5,8-9,12H2,1-2H3,(H,20,21). The van der Waals surface area contributed by atoms with Gasteiger partial charge in [-0.25, -0.2) is 4.98 Å². The number of H-pyrrole nitrogens is 1. The molecule has 1 aromatic carbocycles. The molecule has 2 aromatic heterocycles. The average molecular weight is 359 g/mol. The van der Waals surface area contributed by atoms with Crippen LogP contribution in [0, 0.1) is 6.92 Å². The predicted molar refractivity (Wildman–Crippen MR) is 97.2 cm³/mol. The number of hydrogen-bond donors (Lipinski definition) is 1. The molecule has 0 aliphatic carbocycles. The minimum atomic E-state index is -1.28. The van der Waals surface area contributed by atoms with Crippen LogP contribution in [0.1, 0.15) is 17.7 Å². The lowest BCUT2D eigenvalue weighted by Crippen LogP contribution is -2.05. The number of benzene rings is 1. The molecule has 0 aliphatic heterocycles. The van der Waals surface area contributed by atoms with Gasteiger partial charge in [-0.15, -0.1) is 0 Å². The molecule has 0 saturated heterocycles. The van der Waals surface area contributed by atoms with Gasteiger partial charge in [-0.1, -0.05) is 12.1 Å². The number of pyridine rings is 1. The molecule has 0 amide bonds. The first-order valence-corrected chi connectivity index (χ1v) is 9.39. The molecule has 2 heterocycles. The molecule has 1 unspecified atom stereocenters. The van der Waals surface area contributed by atoms with Crippen LogP contribution in [0.2, 0.25) is 0 Å². The highest BCUT2D eigenvalue weighted by Gasteiger charge is 2.13. The van der Waals surface area contributed by atoms with E-state index < -0.39 is 10.8 Å². The number of aryl methyl sites for hydroxylation is 1. The minimum Gasteiger partial charge on any atom is -0.492 e. The summed E-state index contributed by atoms with van der Waals surface area (Å²) in [7, 11) is 0.391. The molecule has 0 fully saturated rings. The molecule has 0 spiro atoms. The molecular weight excluding hydrogens is 338 g/mol. The second kappa shape index (κ2) is 8.22. The number of fused-ring (bicyclic) bond motifs is 1. The van der Waals surface area contributed by atoms with Crippen LogP contribution in [-0.4, -0.2) is 39.5 Å². The van der Waals surface area contributed by atoms with E-state index in [1.165, 1.54) is 0 Å². The van der Waals surface area contributed by atoms with E-state index in [9.17, 15) is 4.21 Å². The second-order valence-corrected chi connectivity index (χ2v) is 7.04. The van der Waals surface area contributed by atoms with E-state index in [-0.39, 0.29) is 0 Å². The molecule has 0 bridgehead atoms. The number of aromatic nitrogens is 3. The highest BCUT2D eigenvalue weighted by atomic mass is 32.2. The Balaban J connectivity index is 1.66. The number of rotatable bonds is 8. The second-order valence-electron chi connectivity index (χ2n) is 5.68. The van der Waals surface area contributed by atoms with Gasteiger partial charge >= 0.3 is 0 Å². The Bertz CT molecular complexity index is 846. The van der Waals surface area contributed by atoms with Crippen LogP contribution in [0.25, 0.3) is 11.0 Å². The largest absolute Gasteiger partial charge is 0.492 e. The number of hydrogen-bond acceptors (Lipinski definition) is 5. The Hall–Kier alpha value is -2.25. The zero-order chi connectivity index (χ0) is 17.6. The quantitative estimate of drug-likeness (QED) is 0.626. The van der Waals surface area contributed by atoms with Gasteiger partial charge in [0.1, 0.15) is 5.75 Å². The van der Waals surface area contributed by atoms with Crippen molar-refractivity contribution in [2.75, 3.05) is 20.3 Å². The fraction of sp³-hybridized carbons (Fsp3) is 0.333. The maximum absolute atomic E-state index is 12.6. The van der Waals surface area contributed by atoms with E-state index in [0.717, 1.165) is 28.7 Å². The van der Waals surface area contributed by atoms with Crippen molar-refractivity contribution < 1.29 is 13.7 Å². The predicted octanol–water partition coefficient (Wildman–Crippen LogP) is 2.99. The molecule has 0 radical (unpaired) electrons. The normalized spacial score (nSPS) is 12.4. The van der Waals surface area contributed by atoms with Crippen LogP contribution in [0.4, 0.5) is 0 Å². The third-order valence-corrected chi connectivity index (χ3v) is 4.93. The first kappa shape index (κ1) is 17.6. The van der Waals surface area contributed by atoms with Crippen LogP contribution in [-0.2, 0) is 21.3 Å². The Morgan fingerprint density at radius 2 is 2.08 bits per heavy atom. The van der Waals surface area contributed by atoms with Gasteiger partial charge in [-0.2, -0.15) is 0 Å². The summed E-state index contributed by atoms with van der Waals surface area (Å²) < 4.78 is 23.2. The number of aromatic amines is 1. The Kier molecular flexibility index (Phi) is 5.78. The van der Waals surface area contributed by atoms with Crippen LogP contribution in [0.3, 0.4) is 0 Å². The van der Waals surface area contributed by atoms with E-state index in [1.807, 2.05) is 37.3 Å². The van der Waals surface area contributed by atoms with Gasteiger partial charge in [0.15, 0.2) is 5.16 Å². The first-order chi connectivity index (χ1) is 12.2. The van der Waals surface area contributed by atoms with Gasteiger partial charge in [0, 0.05) is 20.1 Å². The molecule has 3 rings (SSSR count). The van der Waals surface area contributed by atoms with Gasteiger partial charge in [-0.3, -0.25) is 9.19 Å². The van der Waals surface area contributed by atoms with Crippen molar-refractivity contribution >= 4 is 21.8 Å². The van der Waals surface area contributed by atoms with E-state index in [0.29, 0.717) is 29.9 Å². The molecule has 3 aromatic rings. The van der Waals surface area contributed by atoms with Crippen molar-refractivity contribution in [3.8, 4) is 5.75 Å². The van der Waals surface area contributed by atoms with Crippen LogP contribution >= 0.6 is 0 Å². The maximum atomic E-state index is 12.6. The summed E-state index contributed by atoms with van der Waals surface area (Å²) in [6.45, 7) is 3.19. The summed E-state index contributed by atoms with van der Waals surface area (Å²) in [6.07, 6.45) is 2.50. The number of nitrogens with zero attached hydrogens (tertiary/aromatic N) is 2. The van der Waals surface area contributed by atoms with Crippen molar-refractivity contribution in [2.24, 2.45) is 0 Å². The zero-order valence-corrected chi connectivity index (χ0v) is 15.1. The summed E-state index contributed by atoms with van der Waals surface area (Å²) in [5, 5.41) is 0.474. The van der Waals surface area contributed by atoms with Crippen molar-refractivity contribution in [1.82, 2.24) is 15.0 Å². The minimum absolute atomic E-state index is 0.315. The number of ether oxygens (including phenoxy) is 2. The highest BCUT2D eigenvalue weighted by Crippen LogP contribution is 2.19. The molecule has 7 heteroatoms. The monoisotopic (exact) mass is 359 g/mol. The fourth-order valence-corrected chi connectivity index (χ4v) is 3.54. The van der Waals surface area contributed by atoms with E-state index in [2.05, 4.69) is 15.0 Å². The number of para-hydroxylation sites is 2. The first-order valence-electron chi connectivity index (χ1n) is 8.08. The summed E-state index contributed by atoms with van der Waals surface area (Å²) in [5.74, 6) is 1.03. The van der Waals surface area contributed by atoms with Crippen molar-refractivity contribution in [3.05, 3.63) is 47.8 Å². The van der Waals surface area contributed by atoms with Gasteiger partial charge in [0.25, 0.3) is 0 Å². The topological polar surface area (TPSA) is 77.1 Å². The summed E-state index contributed by atoms with van der Waals surface area (Å²) in [4.78, 5) is 11.9. The molecule has 0 saturated carbocycles. The average Bonchev–Trinajstić information content (AvgIpc) is 3.05. The zero-order valence-electron chi connectivity index (χ0n) is 14.3. The number of methoxy groups -OCH3 is 1. The number of nitrogens with one attached hydrogen (secondary N) is 1. The summed E-state index contributed by atoms with van der Waals surface area (Å²) in [6, 6.07) is 9.57. The third kappa shape index (κ3) is 4.43. The van der Waals surface area contributed by atoms with Crippen LogP contribution in [0.15, 0.2) is 41.7 Å². The number of imidazole rings is 1. The van der Waals surface area contributed by atoms with Crippen LogP contribution < -0.4 is 4.74 Å². The van der Waals surface area contributed by atoms with Gasteiger partial charge in [0.2, 0.25) is 0 Å². The molecule has 132 valence electrons. The molecule has 1 atom stereocenters. The Labute approximate surface area is 149 Å². The van der Waals surface area contributed by atoms with Gasteiger partial charge < -0.3 is 14.5 Å². The Morgan fingerprint density at radius 3 is 2.84 bits per heavy atom. The van der Waals surface area contributed by atoms with E-state index >= 15 is 0 Å². The van der Waals surface area contributed by atoms with E-state index in [4.69, 9.17) is 9.47 Å². The third-order valence-electron chi connectivity index (χ3n) is 3.77. The molecule has 25 heavy (non-hydrogen) atoms. The molecule has 1 N–H and O–H groups in total. The SMILES string of the molecule is COCCCOc1cnc(CS(=O)c2nc3ccccc3[nH]2)c(C)c1. The Morgan fingerprint density at radius 1 is 1.24 bits per heavy atom. The molecular formula is C18H21N3O3S. The van der Waals surface area contributed by atoms with Crippen molar-refractivity contribution in [1.29, 1.82) is 0 Å². The van der Waals surface area contributed by atoms with Crippen molar-refractivity contribution in [2.45, 2.75) is 24.3 Å². The lowest BCUT2D eigenvalue weighted by Gasteiger charge is -2.09. The van der Waals surface area contributed by atoms with Crippen LogP contribution in [0.5, 0.6) is 5.75 Å². The maximum Gasteiger partial charge on any atom is 0.197 e. The van der Waals surface area contributed by atoms with E-state index in [1.54, 1.807) is 13.3 Å². The lowest BCUT2D eigenvalue weighted by molar-refractivity contribution is 0.172. The smallest absolute Gasteiger partial charge is 0.197 e. The molecule has 6 nitrogen and oxygen atoms in total. The van der Waals surface area contributed by atoms with Gasteiger partial charge in [-0.05, 0) is 30.7 Å². The summed E-state index contributed by atoms with van der Waals surface area (Å²) in [5.41, 5.74) is 3.43. The highest BCUT2D eigenvalue weighted by molar-refractivity contribution is 7.84. The lowest BCUT2D eigenvalue weighted by atomic mass is 10.2. The van der Waals surface area contributed by atoms with Crippen molar-refractivity contribution in [3.63, 3.8) is 0 Å². The fourth-order valence-electron chi connectivity index (χ4n) is 2.43.